The van der Waals surface area contributed by atoms with Gasteiger partial charge in [-0.05, 0) is 49.2 Å². The van der Waals surface area contributed by atoms with Crippen LogP contribution in [0.15, 0.2) is 53.1 Å². The van der Waals surface area contributed by atoms with Crippen molar-refractivity contribution in [1.82, 2.24) is 15.0 Å². The van der Waals surface area contributed by atoms with Crippen molar-refractivity contribution in [3.8, 4) is 17.1 Å². The van der Waals surface area contributed by atoms with Crippen LogP contribution in [-0.2, 0) is 0 Å². The highest BCUT2D eigenvalue weighted by molar-refractivity contribution is 6.33. The van der Waals surface area contributed by atoms with E-state index in [-0.39, 0.29) is 11.9 Å². The standard InChI is InChI=1S/C20H18ClN3O3/c1-26-14-10-8-13(9-11-14)20(25)24-12-4-7-17(24)19-22-18(23-27-19)15-5-2-3-6-16(15)21/h2-3,5-6,8-11,17H,4,7,12H2,1H3. The van der Waals surface area contributed by atoms with Gasteiger partial charge in [-0.1, -0.05) is 28.9 Å². The van der Waals surface area contributed by atoms with Crippen molar-refractivity contribution in [3.63, 3.8) is 0 Å². The van der Waals surface area contributed by atoms with Crippen LogP contribution in [-0.4, -0.2) is 34.6 Å². The number of aromatic nitrogens is 2. The molecule has 0 aliphatic carbocycles. The van der Waals surface area contributed by atoms with Crippen LogP contribution >= 0.6 is 11.6 Å². The summed E-state index contributed by atoms with van der Waals surface area (Å²) in [5, 5.41) is 4.61. The fourth-order valence-corrected chi connectivity index (χ4v) is 3.51. The van der Waals surface area contributed by atoms with E-state index in [0.717, 1.165) is 12.8 Å². The first-order chi connectivity index (χ1) is 13.2. The smallest absolute Gasteiger partial charge is 0.254 e. The highest BCUT2D eigenvalue weighted by Crippen LogP contribution is 2.34. The number of rotatable bonds is 4. The van der Waals surface area contributed by atoms with Crippen molar-refractivity contribution < 1.29 is 14.1 Å². The van der Waals surface area contributed by atoms with E-state index in [2.05, 4.69) is 10.1 Å². The topological polar surface area (TPSA) is 68.5 Å². The molecule has 1 unspecified atom stereocenters. The molecule has 138 valence electrons. The molecule has 1 amide bonds. The second-order valence-electron chi connectivity index (χ2n) is 6.32. The molecule has 2 heterocycles. The number of hydrogen-bond acceptors (Lipinski definition) is 5. The number of ether oxygens (including phenoxy) is 1. The molecule has 6 nitrogen and oxygen atoms in total. The third-order valence-electron chi connectivity index (χ3n) is 4.69. The van der Waals surface area contributed by atoms with Crippen molar-refractivity contribution in [3.05, 3.63) is 65.0 Å². The first-order valence-electron chi connectivity index (χ1n) is 8.71. The van der Waals surface area contributed by atoms with E-state index in [4.69, 9.17) is 20.9 Å². The average molecular weight is 384 g/mol. The number of carbonyl (C=O) groups excluding carboxylic acids is 1. The number of methoxy groups -OCH3 is 1. The summed E-state index contributed by atoms with van der Waals surface area (Å²) in [6.45, 7) is 0.652. The minimum atomic E-state index is -0.233. The lowest BCUT2D eigenvalue weighted by Crippen LogP contribution is -2.30. The Hall–Kier alpha value is -2.86. The van der Waals surface area contributed by atoms with Crippen LogP contribution in [0.4, 0.5) is 0 Å². The van der Waals surface area contributed by atoms with Crippen LogP contribution in [0, 0.1) is 0 Å². The zero-order valence-corrected chi connectivity index (χ0v) is 15.5. The summed E-state index contributed by atoms with van der Waals surface area (Å²) in [6, 6.07) is 14.2. The van der Waals surface area contributed by atoms with Gasteiger partial charge in [-0.2, -0.15) is 4.98 Å². The summed E-state index contributed by atoms with van der Waals surface area (Å²) in [5.41, 5.74) is 1.31. The third-order valence-corrected chi connectivity index (χ3v) is 5.02. The number of hydrogen-bond donors (Lipinski definition) is 0. The minimum Gasteiger partial charge on any atom is -0.497 e. The molecule has 0 radical (unpaired) electrons. The van der Waals surface area contributed by atoms with E-state index < -0.39 is 0 Å². The van der Waals surface area contributed by atoms with E-state index >= 15 is 0 Å². The molecule has 1 aliphatic rings. The Balaban J connectivity index is 1.58. The molecule has 1 aliphatic heterocycles. The van der Waals surface area contributed by atoms with Crippen molar-refractivity contribution in [2.75, 3.05) is 13.7 Å². The molecule has 2 aromatic carbocycles. The molecule has 27 heavy (non-hydrogen) atoms. The largest absolute Gasteiger partial charge is 0.497 e. The summed E-state index contributed by atoms with van der Waals surface area (Å²) >= 11 is 6.22. The molecule has 7 heteroatoms. The predicted molar refractivity (Wildman–Crippen MR) is 101 cm³/mol. The second-order valence-corrected chi connectivity index (χ2v) is 6.73. The van der Waals surface area contributed by atoms with E-state index in [9.17, 15) is 4.79 Å². The van der Waals surface area contributed by atoms with Gasteiger partial charge in [0.2, 0.25) is 11.7 Å². The monoisotopic (exact) mass is 383 g/mol. The maximum absolute atomic E-state index is 12.9. The number of halogens is 1. The highest BCUT2D eigenvalue weighted by Gasteiger charge is 2.34. The second kappa shape index (κ2) is 7.40. The molecule has 0 saturated carbocycles. The van der Waals surface area contributed by atoms with Crippen LogP contribution in [0.5, 0.6) is 5.75 Å². The molecule has 4 rings (SSSR count). The van der Waals surface area contributed by atoms with Crippen molar-refractivity contribution >= 4 is 17.5 Å². The van der Waals surface area contributed by atoms with Gasteiger partial charge in [0.25, 0.3) is 5.91 Å². The first kappa shape index (κ1) is 17.5. The average Bonchev–Trinajstić information content (AvgIpc) is 3.37. The molecule has 1 fully saturated rings. The van der Waals surface area contributed by atoms with Gasteiger partial charge in [-0.3, -0.25) is 4.79 Å². The molecular formula is C20H18ClN3O3. The minimum absolute atomic E-state index is 0.0577. The fraction of sp³-hybridized carbons (Fsp3) is 0.250. The first-order valence-corrected chi connectivity index (χ1v) is 9.08. The maximum Gasteiger partial charge on any atom is 0.254 e. The van der Waals surface area contributed by atoms with Gasteiger partial charge in [-0.15, -0.1) is 0 Å². The van der Waals surface area contributed by atoms with E-state index in [0.29, 0.717) is 40.2 Å². The lowest BCUT2D eigenvalue weighted by atomic mass is 10.1. The van der Waals surface area contributed by atoms with Gasteiger partial charge in [0.05, 0.1) is 12.1 Å². The number of benzene rings is 2. The summed E-state index contributed by atoms with van der Waals surface area (Å²) in [4.78, 5) is 19.2. The maximum atomic E-state index is 12.9. The highest BCUT2D eigenvalue weighted by atomic mass is 35.5. The Morgan fingerprint density at radius 2 is 2.00 bits per heavy atom. The number of likely N-dealkylation sites (tertiary alicyclic amines) is 1. The van der Waals surface area contributed by atoms with Crippen molar-refractivity contribution in [1.29, 1.82) is 0 Å². The third kappa shape index (κ3) is 3.40. The summed E-state index contributed by atoms with van der Waals surface area (Å²) in [6.07, 6.45) is 1.67. The van der Waals surface area contributed by atoms with Crippen molar-refractivity contribution in [2.24, 2.45) is 0 Å². The van der Waals surface area contributed by atoms with E-state index in [1.807, 2.05) is 18.2 Å². The lowest BCUT2D eigenvalue weighted by Gasteiger charge is -2.22. The molecule has 3 aromatic rings. The quantitative estimate of drug-likeness (QED) is 0.668. The normalized spacial score (nSPS) is 16.5. The molecule has 0 spiro atoms. The molecule has 0 N–H and O–H groups in total. The lowest BCUT2D eigenvalue weighted by molar-refractivity contribution is 0.0710. The number of nitrogens with zero attached hydrogens (tertiary/aromatic N) is 3. The van der Waals surface area contributed by atoms with Crippen molar-refractivity contribution in [2.45, 2.75) is 18.9 Å². The summed E-state index contributed by atoms with van der Waals surface area (Å²) in [7, 11) is 1.60. The Bertz CT molecular complexity index is 955. The SMILES string of the molecule is COc1ccc(C(=O)N2CCCC2c2nc(-c3ccccc3Cl)no2)cc1. The van der Waals surface area contributed by atoms with Crippen LogP contribution in [0.1, 0.15) is 35.1 Å². The van der Waals surface area contributed by atoms with Gasteiger partial charge in [0.1, 0.15) is 11.8 Å². The van der Waals surface area contributed by atoms with Crippen LogP contribution in [0.3, 0.4) is 0 Å². The van der Waals surface area contributed by atoms with E-state index in [1.54, 1.807) is 42.3 Å². The van der Waals surface area contributed by atoms with Gasteiger partial charge in [0.15, 0.2) is 0 Å². The Morgan fingerprint density at radius 3 is 2.74 bits per heavy atom. The summed E-state index contributed by atoms with van der Waals surface area (Å²) < 4.78 is 10.6. The zero-order valence-electron chi connectivity index (χ0n) is 14.8. The number of amides is 1. The molecule has 1 aromatic heterocycles. The Morgan fingerprint density at radius 1 is 1.22 bits per heavy atom. The molecule has 0 bridgehead atoms. The van der Waals surface area contributed by atoms with Crippen LogP contribution < -0.4 is 4.74 Å². The fourth-order valence-electron chi connectivity index (χ4n) is 3.29. The molecule has 1 saturated heterocycles. The number of carbonyl (C=O) groups is 1. The van der Waals surface area contributed by atoms with Gasteiger partial charge >= 0.3 is 0 Å². The van der Waals surface area contributed by atoms with Crippen LogP contribution in [0.25, 0.3) is 11.4 Å². The van der Waals surface area contributed by atoms with Gasteiger partial charge < -0.3 is 14.2 Å². The summed E-state index contributed by atoms with van der Waals surface area (Å²) in [5.74, 6) is 1.52. The molecule has 1 atom stereocenters. The van der Waals surface area contributed by atoms with Crippen LogP contribution in [0.2, 0.25) is 5.02 Å². The molecular weight excluding hydrogens is 366 g/mol. The predicted octanol–water partition coefficient (Wildman–Crippen LogP) is 4.38. The van der Waals surface area contributed by atoms with Gasteiger partial charge in [-0.25, -0.2) is 0 Å². The van der Waals surface area contributed by atoms with E-state index in [1.165, 1.54) is 0 Å². The Kier molecular flexibility index (Phi) is 4.81. The Labute approximate surface area is 161 Å². The zero-order chi connectivity index (χ0) is 18.8. The van der Waals surface area contributed by atoms with Gasteiger partial charge in [0, 0.05) is 17.7 Å².